The van der Waals surface area contributed by atoms with Crippen LogP contribution in [0.25, 0.3) is 0 Å². The Bertz CT molecular complexity index is 406. The molecular weight excluding hydrogens is 296 g/mol. The Balaban J connectivity index is 2.27. The third-order valence-electron chi connectivity index (χ3n) is 3.67. The van der Waals surface area contributed by atoms with Crippen LogP contribution < -0.4 is 0 Å². The predicted octanol–water partition coefficient (Wildman–Crippen LogP) is 2.93. The first-order valence-corrected chi connectivity index (χ1v) is 7.30. The summed E-state index contributed by atoms with van der Waals surface area (Å²) in [6, 6.07) is 0.246. The Morgan fingerprint density at radius 3 is 2.89 bits per heavy atom. The zero-order chi connectivity index (χ0) is 13.3. The number of hydrogen-bond acceptors (Lipinski definition) is 3. The molecule has 0 radical (unpaired) electrons. The minimum absolute atomic E-state index is 0.240. The second-order valence-corrected chi connectivity index (χ2v) is 6.22. The molecule has 5 heteroatoms. The van der Waals surface area contributed by atoms with Gasteiger partial charge in [-0.05, 0) is 48.0 Å². The normalized spacial score (nSPS) is 26.6. The molecule has 1 aliphatic rings. The molecule has 102 valence electrons. The van der Waals surface area contributed by atoms with Gasteiger partial charge in [0.15, 0.2) is 0 Å². The maximum Gasteiger partial charge on any atom is 0.100 e. The number of halogens is 1. The second kappa shape index (κ2) is 5.72. The Labute approximate surface area is 116 Å². The van der Waals surface area contributed by atoms with E-state index in [-0.39, 0.29) is 12.0 Å². The van der Waals surface area contributed by atoms with Crippen molar-refractivity contribution in [2.45, 2.75) is 39.3 Å². The fourth-order valence-electron chi connectivity index (χ4n) is 2.61. The monoisotopic (exact) mass is 316 g/mol. The summed E-state index contributed by atoms with van der Waals surface area (Å²) in [7, 11) is 0. The van der Waals surface area contributed by atoms with Crippen LogP contribution in [0.3, 0.4) is 0 Å². The molecule has 3 unspecified atom stereocenters. The van der Waals surface area contributed by atoms with E-state index in [1.807, 2.05) is 4.68 Å². The van der Waals surface area contributed by atoms with E-state index in [0.717, 1.165) is 29.8 Å². The minimum Gasteiger partial charge on any atom is -0.386 e. The molecule has 0 spiro atoms. The fourth-order valence-corrected chi connectivity index (χ4v) is 3.12. The van der Waals surface area contributed by atoms with Crippen LogP contribution in [-0.4, -0.2) is 28.1 Å². The minimum atomic E-state index is -0.483. The summed E-state index contributed by atoms with van der Waals surface area (Å²) < 4.78 is 8.23. The lowest BCUT2D eigenvalue weighted by molar-refractivity contribution is -0.0342. The van der Waals surface area contributed by atoms with E-state index < -0.39 is 6.10 Å². The van der Waals surface area contributed by atoms with Crippen molar-refractivity contribution in [1.82, 2.24) is 9.78 Å². The van der Waals surface area contributed by atoms with Gasteiger partial charge in [-0.15, -0.1) is 0 Å². The molecule has 1 aromatic heterocycles. The third kappa shape index (κ3) is 2.63. The number of aliphatic hydroxyl groups excluding tert-OH is 1. The molecule has 1 N–H and O–H groups in total. The summed E-state index contributed by atoms with van der Waals surface area (Å²) in [4.78, 5) is 0. The summed E-state index contributed by atoms with van der Waals surface area (Å²) in [6.07, 6.45) is 2.18. The first-order chi connectivity index (χ1) is 8.52. The van der Waals surface area contributed by atoms with Gasteiger partial charge in [0.1, 0.15) is 6.10 Å². The maximum atomic E-state index is 10.7. The van der Waals surface area contributed by atoms with Gasteiger partial charge in [0.05, 0.1) is 16.4 Å². The van der Waals surface area contributed by atoms with Gasteiger partial charge < -0.3 is 9.84 Å². The fraction of sp³-hybridized carbons (Fsp3) is 0.769. The molecule has 2 heterocycles. The van der Waals surface area contributed by atoms with E-state index in [1.165, 1.54) is 0 Å². The summed E-state index contributed by atoms with van der Waals surface area (Å²) in [5, 5.41) is 15.0. The third-order valence-corrected chi connectivity index (χ3v) is 4.28. The molecule has 4 nitrogen and oxygen atoms in total. The van der Waals surface area contributed by atoms with Gasteiger partial charge >= 0.3 is 0 Å². The summed E-state index contributed by atoms with van der Waals surface area (Å²) >= 11 is 3.50. The average molecular weight is 317 g/mol. The molecule has 1 aromatic rings. The summed E-state index contributed by atoms with van der Waals surface area (Å²) in [6.45, 7) is 7.75. The lowest BCUT2D eigenvalue weighted by Gasteiger charge is -2.33. The van der Waals surface area contributed by atoms with Crippen LogP contribution in [-0.2, 0) is 4.74 Å². The van der Waals surface area contributed by atoms with Crippen LogP contribution >= 0.6 is 15.9 Å². The van der Waals surface area contributed by atoms with Gasteiger partial charge in [0.25, 0.3) is 0 Å². The molecule has 3 atom stereocenters. The molecule has 18 heavy (non-hydrogen) atoms. The van der Waals surface area contributed by atoms with Crippen molar-refractivity contribution in [1.29, 1.82) is 0 Å². The van der Waals surface area contributed by atoms with Gasteiger partial charge in [-0.25, -0.2) is 0 Å². The Morgan fingerprint density at radius 1 is 1.56 bits per heavy atom. The van der Waals surface area contributed by atoms with Crippen LogP contribution in [0.1, 0.15) is 45.0 Å². The lowest BCUT2D eigenvalue weighted by atomic mass is 9.84. The van der Waals surface area contributed by atoms with Gasteiger partial charge in [0, 0.05) is 19.3 Å². The molecule has 1 aliphatic heterocycles. The summed E-state index contributed by atoms with van der Waals surface area (Å²) in [5.74, 6) is 0.611. The lowest BCUT2D eigenvalue weighted by Crippen LogP contribution is -2.31. The van der Waals surface area contributed by atoms with Crippen LogP contribution in [0, 0.1) is 11.8 Å². The van der Waals surface area contributed by atoms with Crippen molar-refractivity contribution >= 4 is 15.9 Å². The van der Waals surface area contributed by atoms with Crippen molar-refractivity contribution in [3.8, 4) is 0 Å². The average Bonchev–Trinajstić information content (AvgIpc) is 2.71. The molecule has 1 saturated heterocycles. The first-order valence-electron chi connectivity index (χ1n) is 6.51. The number of rotatable bonds is 3. The molecule has 0 aromatic carbocycles. The smallest absolute Gasteiger partial charge is 0.100 e. The maximum absolute atomic E-state index is 10.7. The van der Waals surface area contributed by atoms with Crippen LogP contribution in [0.2, 0.25) is 0 Å². The van der Waals surface area contributed by atoms with Gasteiger partial charge in [0.2, 0.25) is 0 Å². The number of hydrogen-bond donors (Lipinski definition) is 1. The highest BCUT2D eigenvalue weighted by Gasteiger charge is 2.33. The van der Waals surface area contributed by atoms with E-state index in [0.29, 0.717) is 5.92 Å². The van der Waals surface area contributed by atoms with E-state index in [4.69, 9.17) is 4.74 Å². The number of aliphatic hydroxyl groups is 1. The molecular formula is C13H21BrN2O2. The molecule has 2 rings (SSSR count). The standard InChI is InChI=1S/C13H21BrN2O2/c1-8(2)16-12(11(14)6-15-16)13(17)10-4-5-18-7-9(10)3/h6,8-10,13,17H,4-5,7H2,1-3H3. The number of nitrogens with zero attached hydrogens (tertiary/aromatic N) is 2. The van der Waals surface area contributed by atoms with Gasteiger partial charge in [-0.3, -0.25) is 4.68 Å². The largest absolute Gasteiger partial charge is 0.386 e. The van der Waals surface area contributed by atoms with E-state index in [2.05, 4.69) is 41.8 Å². The van der Waals surface area contributed by atoms with E-state index >= 15 is 0 Å². The highest BCUT2D eigenvalue weighted by molar-refractivity contribution is 9.10. The second-order valence-electron chi connectivity index (χ2n) is 5.37. The zero-order valence-corrected chi connectivity index (χ0v) is 12.7. The van der Waals surface area contributed by atoms with Crippen molar-refractivity contribution in [2.24, 2.45) is 11.8 Å². The van der Waals surface area contributed by atoms with Crippen molar-refractivity contribution < 1.29 is 9.84 Å². The van der Waals surface area contributed by atoms with Crippen molar-refractivity contribution in [3.63, 3.8) is 0 Å². The van der Waals surface area contributed by atoms with Gasteiger partial charge in [-0.1, -0.05) is 6.92 Å². The molecule has 0 aliphatic carbocycles. The zero-order valence-electron chi connectivity index (χ0n) is 11.1. The predicted molar refractivity (Wildman–Crippen MR) is 73.4 cm³/mol. The first kappa shape index (κ1) is 14.0. The van der Waals surface area contributed by atoms with Crippen LogP contribution in [0.4, 0.5) is 0 Å². The molecule has 0 saturated carbocycles. The molecule has 0 amide bonds. The highest BCUT2D eigenvalue weighted by Crippen LogP contribution is 2.37. The molecule has 1 fully saturated rings. The van der Waals surface area contributed by atoms with Crippen LogP contribution in [0.5, 0.6) is 0 Å². The Kier molecular flexibility index (Phi) is 4.45. The van der Waals surface area contributed by atoms with Gasteiger partial charge in [-0.2, -0.15) is 5.10 Å². The van der Waals surface area contributed by atoms with E-state index in [9.17, 15) is 5.11 Å². The van der Waals surface area contributed by atoms with E-state index in [1.54, 1.807) is 6.20 Å². The Hall–Kier alpha value is -0.390. The highest BCUT2D eigenvalue weighted by atomic mass is 79.9. The van der Waals surface area contributed by atoms with Crippen LogP contribution in [0.15, 0.2) is 10.7 Å². The quantitative estimate of drug-likeness (QED) is 0.932. The van der Waals surface area contributed by atoms with Crippen molar-refractivity contribution in [2.75, 3.05) is 13.2 Å². The Morgan fingerprint density at radius 2 is 2.28 bits per heavy atom. The molecule has 0 bridgehead atoms. The number of aromatic nitrogens is 2. The SMILES string of the molecule is CC1COCCC1C(O)c1c(Br)cnn1C(C)C. The van der Waals surface area contributed by atoms with Crippen molar-refractivity contribution in [3.05, 3.63) is 16.4 Å². The topological polar surface area (TPSA) is 47.3 Å². The number of ether oxygens (including phenoxy) is 1. The summed E-state index contributed by atoms with van der Waals surface area (Å²) in [5.41, 5.74) is 0.892.